The Hall–Kier alpha value is -1.60. The first-order chi connectivity index (χ1) is 9.74. The van der Waals surface area contributed by atoms with Crippen LogP contribution in [0.5, 0.6) is 0 Å². The highest BCUT2D eigenvalue weighted by Gasteiger charge is 2.44. The molecule has 0 bridgehead atoms. The van der Waals surface area contributed by atoms with Crippen molar-refractivity contribution in [2.75, 3.05) is 13.6 Å². The molecule has 1 unspecified atom stereocenters. The van der Waals surface area contributed by atoms with Gasteiger partial charge in [-0.05, 0) is 30.0 Å². The Bertz CT molecular complexity index is 590. The van der Waals surface area contributed by atoms with Gasteiger partial charge in [0, 0.05) is 18.7 Å². The van der Waals surface area contributed by atoms with Gasteiger partial charge in [0.15, 0.2) is 5.78 Å². The molecule has 0 saturated carbocycles. The Morgan fingerprint density at radius 3 is 2.41 bits per heavy atom. The van der Waals surface area contributed by atoms with Gasteiger partial charge >= 0.3 is 12.1 Å². The zero-order valence-electron chi connectivity index (χ0n) is 11.8. The summed E-state index contributed by atoms with van der Waals surface area (Å²) in [5.41, 5.74) is 7.38. The highest BCUT2D eigenvalue weighted by molar-refractivity contribution is 5.97. The lowest BCUT2D eigenvalue weighted by molar-refractivity contribution is -0.186. The van der Waals surface area contributed by atoms with E-state index in [4.69, 9.17) is 5.73 Å². The minimum absolute atomic E-state index is 0. The van der Waals surface area contributed by atoms with Crippen LogP contribution in [0, 0.1) is 0 Å². The second-order valence-electron chi connectivity index (χ2n) is 5.09. The molecule has 1 aliphatic carbocycles. The van der Waals surface area contributed by atoms with E-state index in [1.165, 1.54) is 0 Å². The van der Waals surface area contributed by atoms with E-state index in [0.717, 1.165) is 23.1 Å². The third-order valence-corrected chi connectivity index (χ3v) is 3.74. The number of rotatable bonds is 3. The number of fused-ring (bicyclic) bond motifs is 1. The van der Waals surface area contributed by atoms with Gasteiger partial charge in [-0.25, -0.2) is 0 Å². The lowest BCUT2D eigenvalue weighted by Gasteiger charge is -2.25. The number of halogens is 4. The minimum atomic E-state index is -4.87. The van der Waals surface area contributed by atoms with Gasteiger partial charge in [-0.3, -0.25) is 9.59 Å². The molecule has 2 rings (SSSR count). The van der Waals surface area contributed by atoms with Crippen molar-refractivity contribution in [2.45, 2.75) is 25.1 Å². The normalized spacial score (nSPS) is 16.7. The summed E-state index contributed by atoms with van der Waals surface area (Å²) in [5.74, 6) is -2.07. The predicted octanol–water partition coefficient (Wildman–Crippen LogP) is 1.74. The number of nitrogens with two attached hydrogens (primary N) is 1. The number of carbonyl (C=O) groups excluding carboxylic acids is 2. The van der Waals surface area contributed by atoms with Crippen molar-refractivity contribution in [1.82, 2.24) is 4.90 Å². The van der Waals surface area contributed by atoms with E-state index in [-0.39, 0.29) is 24.7 Å². The number of hydrogen-bond acceptors (Lipinski definition) is 3. The van der Waals surface area contributed by atoms with Gasteiger partial charge in [0.05, 0.1) is 6.54 Å². The first-order valence-electron chi connectivity index (χ1n) is 6.43. The summed E-state index contributed by atoms with van der Waals surface area (Å²) >= 11 is 0. The summed E-state index contributed by atoms with van der Waals surface area (Å²) in [5, 5.41) is 0. The average Bonchev–Trinajstić information content (AvgIpc) is 2.86. The third-order valence-electron chi connectivity index (χ3n) is 3.74. The Kier molecular flexibility index (Phi) is 5.59. The van der Waals surface area contributed by atoms with E-state index in [0.29, 0.717) is 18.4 Å². The van der Waals surface area contributed by atoms with Crippen LogP contribution in [-0.2, 0) is 17.6 Å². The van der Waals surface area contributed by atoms with Gasteiger partial charge in [0.2, 0.25) is 0 Å². The fourth-order valence-corrected chi connectivity index (χ4v) is 2.53. The Labute approximate surface area is 131 Å². The van der Waals surface area contributed by atoms with E-state index >= 15 is 0 Å². The van der Waals surface area contributed by atoms with Crippen molar-refractivity contribution in [1.29, 1.82) is 0 Å². The van der Waals surface area contributed by atoms with Crippen LogP contribution in [0.25, 0.3) is 0 Å². The van der Waals surface area contributed by atoms with Gasteiger partial charge in [-0.15, -0.1) is 12.4 Å². The molecule has 0 aromatic heterocycles. The standard InChI is InChI=1S/C14H15F3N2O2.ClH/c1-19(13(21)14(15,16)17)11-5-8-2-3-9(12(20)7-18)4-10(8)6-11;/h2-4,11H,5-7,18H2,1H3;1H. The van der Waals surface area contributed by atoms with Crippen molar-refractivity contribution in [3.8, 4) is 0 Å². The molecule has 4 nitrogen and oxygen atoms in total. The second kappa shape index (κ2) is 6.66. The van der Waals surface area contributed by atoms with Gasteiger partial charge in [-0.1, -0.05) is 12.1 Å². The van der Waals surface area contributed by atoms with Crippen molar-refractivity contribution in [3.63, 3.8) is 0 Å². The molecule has 1 aliphatic rings. The molecule has 0 aliphatic heterocycles. The third kappa shape index (κ3) is 3.59. The summed E-state index contributed by atoms with van der Waals surface area (Å²) in [6.07, 6.45) is -4.21. The van der Waals surface area contributed by atoms with Crippen molar-refractivity contribution < 1.29 is 22.8 Å². The second-order valence-corrected chi connectivity index (χ2v) is 5.09. The zero-order chi connectivity index (χ0) is 15.8. The molecule has 1 aromatic carbocycles. The van der Waals surface area contributed by atoms with Gasteiger partial charge in [0.1, 0.15) is 0 Å². The average molecular weight is 337 g/mol. The summed E-state index contributed by atoms with van der Waals surface area (Å²) in [6.45, 7) is -0.116. The minimum Gasteiger partial charge on any atom is -0.334 e. The van der Waals surface area contributed by atoms with Crippen LogP contribution in [0.1, 0.15) is 21.5 Å². The Balaban J connectivity index is 0.00000242. The quantitative estimate of drug-likeness (QED) is 0.855. The monoisotopic (exact) mass is 336 g/mol. The maximum absolute atomic E-state index is 12.4. The number of Topliss-reactive ketones (excluding diaryl/α,β-unsaturated/α-hetero) is 1. The van der Waals surface area contributed by atoms with E-state index < -0.39 is 18.1 Å². The van der Waals surface area contributed by atoms with Crippen LogP contribution in [0.15, 0.2) is 18.2 Å². The largest absolute Gasteiger partial charge is 0.471 e. The highest BCUT2D eigenvalue weighted by atomic mass is 35.5. The maximum atomic E-state index is 12.4. The first-order valence-corrected chi connectivity index (χ1v) is 6.43. The van der Waals surface area contributed by atoms with Crippen molar-refractivity contribution >= 4 is 24.1 Å². The SMILES string of the molecule is CN(C(=O)C(F)(F)F)C1Cc2ccc(C(=O)CN)cc2C1.Cl. The Morgan fingerprint density at radius 1 is 1.27 bits per heavy atom. The van der Waals surface area contributed by atoms with E-state index in [9.17, 15) is 22.8 Å². The predicted molar refractivity (Wildman–Crippen MR) is 77.1 cm³/mol. The summed E-state index contributed by atoms with van der Waals surface area (Å²) < 4.78 is 37.3. The van der Waals surface area contributed by atoms with Crippen LogP contribution in [0.2, 0.25) is 0 Å². The number of nitrogens with zero attached hydrogens (tertiary/aromatic N) is 1. The fourth-order valence-electron chi connectivity index (χ4n) is 2.53. The molecule has 0 spiro atoms. The van der Waals surface area contributed by atoms with Crippen molar-refractivity contribution in [2.24, 2.45) is 5.73 Å². The molecule has 0 radical (unpaired) electrons. The van der Waals surface area contributed by atoms with Gasteiger partial charge in [0.25, 0.3) is 0 Å². The first kappa shape index (κ1) is 18.4. The molecule has 22 heavy (non-hydrogen) atoms. The zero-order valence-corrected chi connectivity index (χ0v) is 12.6. The van der Waals surface area contributed by atoms with Crippen LogP contribution in [0.4, 0.5) is 13.2 Å². The molecule has 0 heterocycles. The number of ketones is 1. The molecule has 2 N–H and O–H groups in total. The summed E-state index contributed by atoms with van der Waals surface area (Å²) in [7, 11) is 1.15. The smallest absolute Gasteiger partial charge is 0.334 e. The molecule has 1 aromatic rings. The Morgan fingerprint density at radius 2 is 1.86 bits per heavy atom. The molecule has 1 atom stereocenters. The summed E-state index contributed by atoms with van der Waals surface area (Å²) in [4.78, 5) is 23.5. The molecule has 0 saturated heterocycles. The van der Waals surface area contributed by atoms with E-state index in [1.54, 1.807) is 18.2 Å². The fraction of sp³-hybridized carbons (Fsp3) is 0.429. The number of alkyl halides is 3. The molecule has 1 amide bonds. The highest BCUT2D eigenvalue weighted by Crippen LogP contribution is 2.28. The number of benzene rings is 1. The molecule has 122 valence electrons. The molecular weight excluding hydrogens is 321 g/mol. The van der Waals surface area contributed by atoms with Crippen LogP contribution < -0.4 is 5.73 Å². The van der Waals surface area contributed by atoms with Crippen LogP contribution in [-0.4, -0.2) is 42.4 Å². The molecular formula is C14H16ClF3N2O2. The van der Waals surface area contributed by atoms with Crippen LogP contribution >= 0.6 is 12.4 Å². The number of likely N-dealkylation sites (N-methyl/N-ethyl adjacent to an activating group) is 1. The number of hydrogen-bond donors (Lipinski definition) is 1. The lowest BCUT2D eigenvalue weighted by Crippen LogP contribution is -2.44. The van der Waals surface area contributed by atoms with Crippen molar-refractivity contribution in [3.05, 3.63) is 34.9 Å². The van der Waals surface area contributed by atoms with E-state index in [1.807, 2.05) is 0 Å². The lowest BCUT2D eigenvalue weighted by atomic mass is 10.0. The van der Waals surface area contributed by atoms with E-state index in [2.05, 4.69) is 0 Å². The number of amides is 1. The molecule has 0 fully saturated rings. The van der Waals surface area contributed by atoms with Crippen LogP contribution in [0.3, 0.4) is 0 Å². The molecule has 8 heteroatoms. The number of carbonyl (C=O) groups is 2. The summed E-state index contributed by atoms with van der Waals surface area (Å²) in [6, 6.07) is 4.43. The topological polar surface area (TPSA) is 63.4 Å². The van der Waals surface area contributed by atoms with Gasteiger partial charge < -0.3 is 10.6 Å². The maximum Gasteiger partial charge on any atom is 0.471 e. The van der Waals surface area contributed by atoms with Gasteiger partial charge in [-0.2, -0.15) is 13.2 Å².